The standard InChI is InChI=1S/C3H6ClNO3S/c4-9(6,7)3-1-2-5-8-3/h3,5H,1-2H2/t3-/m1/s1. The van der Waals surface area contributed by atoms with E-state index in [1.165, 1.54) is 0 Å². The summed E-state index contributed by atoms with van der Waals surface area (Å²) >= 11 is 0. The number of hydrogen-bond donors (Lipinski definition) is 1. The number of rotatable bonds is 1. The van der Waals surface area contributed by atoms with Crippen molar-refractivity contribution in [3.05, 3.63) is 0 Å². The molecule has 0 spiro atoms. The third-order valence-electron chi connectivity index (χ3n) is 1.01. The first-order chi connectivity index (χ1) is 4.11. The van der Waals surface area contributed by atoms with Crippen LogP contribution in [0.3, 0.4) is 0 Å². The Balaban J connectivity index is 2.63. The van der Waals surface area contributed by atoms with Gasteiger partial charge < -0.3 is 0 Å². The van der Waals surface area contributed by atoms with Gasteiger partial charge in [-0.1, -0.05) is 0 Å². The highest BCUT2D eigenvalue weighted by Gasteiger charge is 2.27. The molecule has 0 saturated carbocycles. The molecule has 1 fully saturated rings. The van der Waals surface area contributed by atoms with Gasteiger partial charge in [-0.05, 0) is 0 Å². The number of hydrogen-bond acceptors (Lipinski definition) is 4. The van der Waals surface area contributed by atoms with E-state index in [2.05, 4.69) is 10.3 Å². The lowest BCUT2D eigenvalue weighted by atomic mass is 10.5. The van der Waals surface area contributed by atoms with E-state index in [4.69, 9.17) is 10.7 Å². The Bertz CT molecular complexity index is 183. The molecule has 1 rings (SSSR count). The van der Waals surface area contributed by atoms with Crippen LogP contribution in [0.4, 0.5) is 0 Å². The second-order valence-corrected chi connectivity index (χ2v) is 4.47. The van der Waals surface area contributed by atoms with E-state index in [-0.39, 0.29) is 0 Å². The van der Waals surface area contributed by atoms with Gasteiger partial charge in [0, 0.05) is 23.6 Å². The van der Waals surface area contributed by atoms with E-state index >= 15 is 0 Å². The molecule has 1 N–H and O–H groups in total. The summed E-state index contributed by atoms with van der Waals surface area (Å²) in [6, 6.07) is 0. The van der Waals surface area contributed by atoms with Crippen LogP contribution in [0.5, 0.6) is 0 Å². The summed E-state index contributed by atoms with van der Waals surface area (Å²) in [6.45, 7) is 0.538. The van der Waals surface area contributed by atoms with Gasteiger partial charge in [0.05, 0.1) is 0 Å². The van der Waals surface area contributed by atoms with Gasteiger partial charge in [-0.25, -0.2) is 13.9 Å². The van der Waals surface area contributed by atoms with Gasteiger partial charge in [-0.2, -0.15) is 0 Å². The van der Waals surface area contributed by atoms with E-state index < -0.39 is 14.5 Å². The Kier molecular flexibility index (Phi) is 1.95. The van der Waals surface area contributed by atoms with Crippen LogP contribution >= 0.6 is 10.7 Å². The van der Waals surface area contributed by atoms with Crippen LogP contribution in [0, 0.1) is 0 Å². The molecule has 1 atom stereocenters. The van der Waals surface area contributed by atoms with Gasteiger partial charge in [0.2, 0.25) is 0 Å². The first-order valence-corrected chi connectivity index (χ1v) is 4.80. The van der Waals surface area contributed by atoms with Gasteiger partial charge >= 0.3 is 0 Å². The molecule has 1 saturated heterocycles. The molecule has 9 heavy (non-hydrogen) atoms. The third-order valence-corrected chi connectivity index (χ3v) is 2.57. The van der Waals surface area contributed by atoms with Crippen LogP contribution in [0.1, 0.15) is 6.42 Å². The fraction of sp³-hybridized carbons (Fsp3) is 1.00. The van der Waals surface area contributed by atoms with Gasteiger partial charge in [0.15, 0.2) is 5.44 Å². The summed E-state index contributed by atoms with van der Waals surface area (Å²) in [7, 11) is 1.43. The second kappa shape index (κ2) is 2.42. The van der Waals surface area contributed by atoms with Crippen LogP contribution in [-0.4, -0.2) is 20.4 Å². The highest BCUT2D eigenvalue weighted by molar-refractivity contribution is 8.14. The van der Waals surface area contributed by atoms with Crippen LogP contribution < -0.4 is 5.48 Å². The van der Waals surface area contributed by atoms with Gasteiger partial charge in [-0.15, -0.1) is 0 Å². The van der Waals surface area contributed by atoms with Crippen LogP contribution in [0.25, 0.3) is 0 Å². The number of nitrogens with one attached hydrogen (secondary N) is 1. The Morgan fingerprint density at radius 2 is 2.33 bits per heavy atom. The van der Waals surface area contributed by atoms with Gasteiger partial charge in [0.25, 0.3) is 9.05 Å². The Morgan fingerprint density at radius 3 is 2.56 bits per heavy atom. The van der Waals surface area contributed by atoms with Crippen molar-refractivity contribution in [3.8, 4) is 0 Å². The van der Waals surface area contributed by atoms with Crippen molar-refractivity contribution in [1.29, 1.82) is 0 Å². The van der Waals surface area contributed by atoms with Crippen molar-refractivity contribution in [2.45, 2.75) is 11.9 Å². The minimum Gasteiger partial charge on any atom is -0.281 e. The molecule has 0 aromatic rings. The molecule has 1 aliphatic rings. The quantitative estimate of drug-likeness (QED) is 0.556. The van der Waals surface area contributed by atoms with Gasteiger partial charge in [-0.3, -0.25) is 4.84 Å². The fourth-order valence-electron chi connectivity index (χ4n) is 0.586. The number of halogens is 1. The number of hydroxylamine groups is 1. The summed E-state index contributed by atoms with van der Waals surface area (Å²) in [5.41, 5.74) is 1.55. The zero-order valence-electron chi connectivity index (χ0n) is 4.50. The lowest BCUT2D eigenvalue weighted by Crippen LogP contribution is -2.16. The lowest BCUT2D eigenvalue weighted by Gasteiger charge is -2.00. The molecule has 0 aromatic heterocycles. The van der Waals surface area contributed by atoms with Crippen molar-refractivity contribution in [2.75, 3.05) is 6.54 Å². The predicted molar refractivity (Wildman–Crippen MR) is 32.3 cm³/mol. The molecular weight excluding hydrogens is 166 g/mol. The molecule has 0 radical (unpaired) electrons. The maximum Gasteiger partial charge on any atom is 0.261 e. The molecule has 0 bridgehead atoms. The molecule has 4 nitrogen and oxygen atoms in total. The molecule has 0 aliphatic carbocycles. The molecule has 54 valence electrons. The maximum absolute atomic E-state index is 10.4. The van der Waals surface area contributed by atoms with Crippen molar-refractivity contribution in [2.24, 2.45) is 0 Å². The van der Waals surface area contributed by atoms with E-state index in [0.717, 1.165) is 0 Å². The lowest BCUT2D eigenvalue weighted by molar-refractivity contribution is 0.0786. The average molecular weight is 172 g/mol. The molecule has 6 heteroatoms. The first kappa shape index (κ1) is 7.27. The monoisotopic (exact) mass is 171 g/mol. The normalized spacial score (nSPS) is 28.8. The SMILES string of the molecule is O=S(=O)(Cl)[C@@H]1CCNO1. The predicted octanol–water partition coefficient (Wildman–Crippen LogP) is -0.194. The van der Waals surface area contributed by atoms with Crippen molar-refractivity contribution < 1.29 is 13.3 Å². The fourth-order valence-corrected chi connectivity index (χ4v) is 1.54. The summed E-state index contributed by atoms with van der Waals surface area (Å²) < 4.78 is 20.9. The van der Waals surface area contributed by atoms with Crippen LogP contribution in [0.15, 0.2) is 0 Å². The third kappa shape index (κ3) is 1.79. The topological polar surface area (TPSA) is 55.4 Å². The minimum atomic E-state index is -3.52. The van der Waals surface area contributed by atoms with E-state index in [0.29, 0.717) is 13.0 Å². The summed E-state index contributed by atoms with van der Waals surface area (Å²) in [4.78, 5) is 4.55. The van der Waals surface area contributed by atoms with Crippen LogP contribution in [0.2, 0.25) is 0 Å². The summed E-state index contributed by atoms with van der Waals surface area (Å²) in [5, 5.41) is 0. The van der Waals surface area contributed by atoms with Crippen molar-refractivity contribution in [3.63, 3.8) is 0 Å². The largest absolute Gasteiger partial charge is 0.281 e. The molecule has 1 heterocycles. The first-order valence-electron chi connectivity index (χ1n) is 2.42. The average Bonchev–Trinajstić information content (AvgIpc) is 2.08. The van der Waals surface area contributed by atoms with Crippen molar-refractivity contribution >= 4 is 19.7 Å². The smallest absolute Gasteiger partial charge is 0.261 e. The zero-order chi connectivity index (χ0) is 6.91. The zero-order valence-corrected chi connectivity index (χ0v) is 6.07. The highest BCUT2D eigenvalue weighted by atomic mass is 35.7. The maximum atomic E-state index is 10.4. The highest BCUT2D eigenvalue weighted by Crippen LogP contribution is 2.14. The molecule has 1 aliphatic heterocycles. The Hall–Kier alpha value is 0.160. The molecule has 0 amide bonds. The van der Waals surface area contributed by atoms with E-state index in [1.54, 1.807) is 0 Å². The van der Waals surface area contributed by atoms with Gasteiger partial charge in [0.1, 0.15) is 0 Å². The Morgan fingerprint density at radius 1 is 1.67 bits per heavy atom. The minimum absolute atomic E-state index is 0.422. The summed E-state index contributed by atoms with van der Waals surface area (Å²) in [5.74, 6) is 0. The van der Waals surface area contributed by atoms with Crippen molar-refractivity contribution in [1.82, 2.24) is 5.48 Å². The van der Waals surface area contributed by atoms with E-state index in [1.807, 2.05) is 0 Å². The van der Waals surface area contributed by atoms with Crippen LogP contribution in [-0.2, 0) is 13.9 Å². The molecular formula is C3H6ClNO3S. The second-order valence-electron chi connectivity index (χ2n) is 1.71. The Labute approximate surface area is 57.5 Å². The van der Waals surface area contributed by atoms with E-state index in [9.17, 15) is 8.42 Å². The summed E-state index contributed by atoms with van der Waals surface area (Å²) in [6.07, 6.45) is 0.422. The molecule has 0 unspecified atom stereocenters. The molecule has 0 aromatic carbocycles.